The van der Waals surface area contributed by atoms with Gasteiger partial charge >= 0.3 is 0 Å². The van der Waals surface area contributed by atoms with Crippen LogP contribution in [0.25, 0.3) is 11.4 Å². The minimum Gasteiger partial charge on any atom is -0.297 e. The first-order chi connectivity index (χ1) is 13.9. The summed E-state index contributed by atoms with van der Waals surface area (Å²) in [5.41, 5.74) is 0.778. The lowest BCUT2D eigenvalue weighted by Gasteiger charge is -2.29. The quantitative estimate of drug-likeness (QED) is 0.645. The fourth-order valence-corrected chi connectivity index (χ4v) is 7.27. The first kappa shape index (κ1) is 20.8. The molecule has 1 aromatic carbocycles. The zero-order valence-electron chi connectivity index (χ0n) is 17.3. The van der Waals surface area contributed by atoms with Gasteiger partial charge in [-0.15, -0.1) is 0 Å². The molecule has 2 aliphatic carbocycles. The molecule has 2 aromatic rings. The Hall–Kier alpha value is -1.51. The summed E-state index contributed by atoms with van der Waals surface area (Å²) in [6.45, 7) is 6.84. The molecule has 0 unspecified atom stereocenters. The van der Waals surface area contributed by atoms with Crippen molar-refractivity contribution in [2.24, 2.45) is 17.8 Å². The molecule has 1 heterocycles. The number of aromatic nitrogens is 3. The van der Waals surface area contributed by atoms with E-state index in [2.05, 4.69) is 21.7 Å². The number of benzene rings is 1. The van der Waals surface area contributed by atoms with E-state index < -0.39 is 10.0 Å². The molecule has 1 N–H and O–H groups in total. The average Bonchev–Trinajstić information content (AvgIpc) is 3.44. The van der Waals surface area contributed by atoms with Crippen LogP contribution in [0.3, 0.4) is 0 Å². The number of H-pyrrole nitrogens is 1. The van der Waals surface area contributed by atoms with Gasteiger partial charge in [0.05, 0.1) is 4.90 Å². The zero-order valence-corrected chi connectivity index (χ0v) is 19.0. The maximum Gasteiger partial charge on any atom is 0.243 e. The van der Waals surface area contributed by atoms with Crippen molar-refractivity contribution in [3.05, 3.63) is 29.0 Å². The van der Waals surface area contributed by atoms with E-state index in [4.69, 9.17) is 12.2 Å². The van der Waals surface area contributed by atoms with Gasteiger partial charge in [0.25, 0.3) is 0 Å². The number of sulfonamides is 1. The van der Waals surface area contributed by atoms with E-state index in [1.54, 1.807) is 18.2 Å². The van der Waals surface area contributed by atoms with Crippen LogP contribution in [-0.2, 0) is 10.0 Å². The number of hydrogen-bond donors (Lipinski definition) is 1. The third-order valence-corrected chi connectivity index (χ3v) is 9.29. The van der Waals surface area contributed by atoms with Gasteiger partial charge in [0, 0.05) is 24.7 Å². The highest BCUT2D eigenvalue weighted by Gasteiger charge is 2.43. The minimum absolute atomic E-state index is 0.245. The summed E-state index contributed by atoms with van der Waals surface area (Å²) in [7, 11) is -3.52. The van der Waals surface area contributed by atoms with Crippen LogP contribution in [0.15, 0.2) is 29.2 Å². The minimum atomic E-state index is -3.52. The first-order valence-electron chi connectivity index (χ1n) is 10.6. The van der Waals surface area contributed by atoms with Crippen LogP contribution in [0.2, 0.25) is 0 Å². The van der Waals surface area contributed by atoms with Crippen LogP contribution < -0.4 is 0 Å². The predicted octanol–water partition coefficient (Wildman–Crippen LogP) is 4.64. The zero-order chi connectivity index (χ0) is 20.8. The smallest absolute Gasteiger partial charge is 0.243 e. The summed E-state index contributed by atoms with van der Waals surface area (Å²) < 4.78 is 30.1. The van der Waals surface area contributed by atoms with E-state index in [9.17, 15) is 8.42 Å². The maximum absolute atomic E-state index is 13.0. The van der Waals surface area contributed by atoms with Crippen LogP contribution in [0.5, 0.6) is 0 Å². The summed E-state index contributed by atoms with van der Waals surface area (Å²) in [6, 6.07) is 7.33. The van der Waals surface area contributed by atoms with E-state index in [-0.39, 0.29) is 6.04 Å². The highest BCUT2D eigenvalue weighted by Crippen LogP contribution is 2.52. The van der Waals surface area contributed by atoms with Gasteiger partial charge in [-0.1, -0.05) is 32.4 Å². The molecule has 4 rings (SSSR count). The van der Waals surface area contributed by atoms with Gasteiger partial charge in [-0.25, -0.2) is 8.42 Å². The third kappa shape index (κ3) is 3.59. The molecule has 1 aromatic heterocycles. The van der Waals surface area contributed by atoms with Crippen molar-refractivity contribution in [1.29, 1.82) is 0 Å². The summed E-state index contributed by atoms with van der Waals surface area (Å²) in [5, 5.41) is 7.43. The molecule has 158 valence electrons. The molecule has 0 spiro atoms. The Morgan fingerprint density at radius 1 is 1.28 bits per heavy atom. The number of nitrogens with zero attached hydrogens (tertiary/aromatic N) is 3. The Balaban J connectivity index is 1.71. The van der Waals surface area contributed by atoms with Crippen LogP contribution >= 0.6 is 12.2 Å². The standard InChI is InChI=1S/C21H30N4O2S2/c1-4-24(5-2)29(26,27)18-8-6-7-17(13-18)20-22-23-21(28)25(20)14(3)19-12-15-9-10-16(19)11-15/h6-8,13-16,19H,4-5,9-12H2,1-3H3,(H,23,28)/t14-,15+,16+,19-/m0/s1. The molecule has 2 saturated carbocycles. The van der Waals surface area contributed by atoms with Crippen molar-refractivity contribution in [2.75, 3.05) is 13.1 Å². The van der Waals surface area contributed by atoms with Crippen molar-refractivity contribution in [1.82, 2.24) is 19.1 Å². The van der Waals surface area contributed by atoms with Crippen molar-refractivity contribution in [3.63, 3.8) is 0 Å². The first-order valence-corrected chi connectivity index (χ1v) is 12.5. The highest BCUT2D eigenvalue weighted by molar-refractivity contribution is 7.89. The Kier molecular flexibility index (Phi) is 5.70. The largest absolute Gasteiger partial charge is 0.297 e. The number of fused-ring (bicyclic) bond motifs is 2. The van der Waals surface area contributed by atoms with Gasteiger partial charge in [-0.3, -0.25) is 9.67 Å². The number of aromatic amines is 1. The second-order valence-corrected chi connectivity index (χ2v) is 10.7. The molecule has 0 aliphatic heterocycles. The summed E-state index contributed by atoms with van der Waals surface area (Å²) in [5.74, 6) is 2.97. The Morgan fingerprint density at radius 3 is 2.66 bits per heavy atom. The molecular formula is C21H30N4O2S2. The van der Waals surface area contributed by atoms with Crippen molar-refractivity contribution < 1.29 is 8.42 Å². The molecule has 6 nitrogen and oxygen atoms in total. The average molecular weight is 435 g/mol. The van der Waals surface area contributed by atoms with Crippen LogP contribution in [0.1, 0.15) is 52.5 Å². The van der Waals surface area contributed by atoms with E-state index in [1.165, 1.54) is 30.0 Å². The maximum atomic E-state index is 13.0. The summed E-state index contributed by atoms with van der Waals surface area (Å²) in [4.78, 5) is 0.298. The molecule has 4 atom stereocenters. The van der Waals surface area contributed by atoms with Gasteiger partial charge in [0.1, 0.15) is 0 Å². The third-order valence-electron chi connectivity index (χ3n) is 6.96. The van der Waals surface area contributed by atoms with Crippen LogP contribution in [-0.4, -0.2) is 40.6 Å². The second-order valence-electron chi connectivity index (χ2n) is 8.42. The predicted molar refractivity (Wildman–Crippen MR) is 117 cm³/mol. The summed E-state index contributed by atoms with van der Waals surface area (Å²) in [6.07, 6.45) is 5.28. The molecule has 2 aliphatic rings. The number of hydrogen-bond acceptors (Lipinski definition) is 4. The molecule has 8 heteroatoms. The van der Waals surface area contributed by atoms with Gasteiger partial charge in [-0.05, 0) is 68.3 Å². The molecule has 29 heavy (non-hydrogen) atoms. The van der Waals surface area contributed by atoms with Crippen molar-refractivity contribution in [2.45, 2.75) is 57.4 Å². The van der Waals surface area contributed by atoms with Crippen molar-refractivity contribution >= 4 is 22.2 Å². The number of nitrogens with one attached hydrogen (secondary N) is 1. The molecule has 0 saturated heterocycles. The fraction of sp³-hybridized carbons (Fsp3) is 0.619. The second kappa shape index (κ2) is 7.96. The van der Waals surface area contributed by atoms with E-state index >= 15 is 0 Å². The fourth-order valence-electron chi connectivity index (χ4n) is 5.47. The number of rotatable bonds is 7. The Morgan fingerprint density at radius 2 is 2.03 bits per heavy atom. The van der Waals surface area contributed by atoms with Crippen LogP contribution in [0.4, 0.5) is 0 Å². The van der Waals surface area contributed by atoms with Crippen molar-refractivity contribution in [3.8, 4) is 11.4 Å². The van der Waals surface area contributed by atoms with Gasteiger partial charge in [0.15, 0.2) is 10.6 Å². The van der Waals surface area contributed by atoms with Crippen LogP contribution in [0, 0.1) is 22.5 Å². The Bertz CT molecular complexity index is 1040. The van der Waals surface area contributed by atoms with Gasteiger partial charge in [0.2, 0.25) is 10.0 Å². The van der Waals surface area contributed by atoms with Gasteiger partial charge in [-0.2, -0.15) is 9.40 Å². The molecule has 0 radical (unpaired) electrons. The van der Waals surface area contributed by atoms with E-state index in [0.717, 1.165) is 23.2 Å². The van der Waals surface area contributed by atoms with Gasteiger partial charge < -0.3 is 0 Å². The molecule has 0 amide bonds. The lowest BCUT2D eigenvalue weighted by molar-refractivity contribution is 0.242. The van der Waals surface area contributed by atoms with E-state index in [1.807, 2.05) is 19.9 Å². The molecule has 2 bridgehead atoms. The van der Waals surface area contributed by atoms with E-state index in [0.29, 0.717) is 28.7 Å². The topological polar surface area (TPSA) is 71.0 Å². The lowest BCUT2D eigenvalue weighted by atomic mass is 9.84. The normalized spacial score (nSPS) is 25.0. The lowest BCUT2D eigenvalue weighted by Crippen LogP contribution is -2.30. The molecular weight excluding hydrogens is 404 g/mol. The monoisotopic (exact) mass is 434 g/mol. The Labute approximate surface area is 178 Å². The highest BCUT2D eigenvalue weighted by atomic mass is 32.2. The molecule has 2 fully saturated rings. The SMILES string of the molecule is CCN(CC)S(=O)(=O)c1cccc(-c2n[nH]c(=S)n2[C@@H](C)[C@@H]2C[C@@H]3CC[C@@H]2C3)c1. The summed E-state index contributed by atoms with van der Waals surface area (Å²) >= 11 is 5.57.